The molecule has 1 aromatic heterocycles. The Morgan fingerprint density at radius 2 is 1.63 bits per heavy atom. The van der Waals surface area contributed by atoms with E-state index >= 15 is 0 Å². The zero-order valence-corrected chi connectivity index (χ0v) is 24.7. The quantitative estimate of drug-likeness (QED) is 0.280. The average molecular weight is 556 g/mol. The highest BCUT2D eigenvalue weighted by atomic mass is 16.5. The number of carbonyl (C=O) groups excluding carboxylic acids is 1. The van der Waals surface area contributed by atoms with Crippen molar-refractivity contribution in [2.24, 2.45) is 17.8 Å². The average Bonchev–Trinajstić information content (AvgIpc) is 3.70. The molecule has 0 amide bonds. The summed E-state index contributed by atoms with van der Waals surface area (Å²) >= 11 is 0. The molecule has 3 aromatic rings. The summed E-state index contributed by atoms with van der Waals surface area (Å²) in [5.74, 6) is 3.72. The molecule has 1 N–H and O–H groups in total. The van der Waals surface area contributed by atoms with Crippen LogP contribution in [0.25, 0.3) is 22.8 Å². The van der Waals surface area contributed by atoms with Crippen molar-refractivity contribution in [1.29, 1.82) is 0 Å². The fraction of sp³-hybridized carbons (Fsp3) is 0.571. The highest BCUT2D eigenvalue weighted by Crippen LogP contribution is 2.43. The van der Waals surface area contributed by atoms with Gasteiger partial charge in [0.1, 0.15) is 0 Å². The van der Waals surface area contributed by atoms with Crippen LogP contribution in [0.2, 0.25) is 0 Å². The Bertz CT molecular complexity index is 1300. The zero-order valence-electron chi connectivity index (χ0n) is 24.7. The molecule has 0 aliphatic heterocycles. The van der Waals surface area contributed by atoms with Crippen molar-refractivity contribution >= 4 is 11.7 Å². The number of nitrogens with one attached hydrogen (secondary N) is 1. The van der Waals surface area contributed by atoms with Crippen molar-refractivity contribution in [3.63, 3.8) is 0 Å². The van der Waals surface area contributed by atoms with Crippen molar-refractivity contribution < 1.29 is 14.1 Å². The molecule has 2 atom stereocenters. The first-order chi connectivity index (χ1) is 20.1. The van der Waals surface area contributed by atoms with Crippen molar-refractivity contribution in [1.82, 2.24) is 10.1 Å². The van der Waals surface area contributed by atoms with Crippen LogP contribution in [0.5, 0.6) is 0 Å². The third-order valence-corrected chi connectivity index (χ3v) is 10.0. The lowest BCUT2D eigenvalue weighted by atomic mass is 9.70. The number of aromatic nitrogens is 2. The normalized spacial score (nSPS) is 25.2. The molecule has 3 aliphatic carbocycles. The summed E-state index contributed by atoms with van der Waals surface area (Å²) in [6.45, 7) is 4.39. The molecule has 218 valence electrons. The largest absolute Gasteiger partial charge is 0.466 e. The van der Waals surface area contributed by atoms with Crippen molar-refractivity contribution in [2.45, 2.75) is 103 Å². The van der Waals surface area contributed by atoms with Gasteiger partial charge >= 0.3 is 5.97 Å². The number of anilines is 1. The molecule has 1 heterocycles. The first kappa shape index (κ1) is 28.0. The van der Waals surface area contributed by atoms with E-state index in [4.69, 9.17) is 14.2 Å². The third kappa shape index (κ3) is 6.52. The van der Waals surface area contributed by atoms with Crippen molar-refractivity contribution in [2.75, 3.05) is 11.9 Å². The number of ether oxygens (including phenoxy) is 1. The van der Waals surface area contributed by atoms with Crippen LogP contribution in [0, 0.1) is 24.7 Å². The Morgan fingerprint density at radius 1 is 0.902 bits per heavy atom. The molecule has 3 fully saturated rings. The highest BCUT2D eigenvalue weighted by Gasteiger charge is 2.31. The second-order valence-electron chi connectivity index (χ2n) is 12.7. The Labute approximate surface area is 244 Å². The summed E-state index contributed by atoms with van der Waals surface area (Å²) in [6.07, 6.45) is 15.4. The van der Waals surface area contributed by atoms with E-state index in [2.05, 4.69) is 53.8 Å². The topological polar surface area (TPSA) is 77.2 Å². The molecule has 2 aromatic carbocycles. The van der Waals surface area contributed by atoms with Crippen LogP contribution in [-0.4, -0.2) is 28.8 Å². The molecule has 0 spiro atoms. The minimum Gasteiger partial charge on any atom is -0.466 e. The summed E-state index contributed by atoms with van der Waals surface area (Å²) in [5.41, 5.74) is 5.55. The van der Waals surface area contributed by atoms with Gasteiger partial charge < -0.3 is 14.6 Å². The Hall–Kier alpha value is -3.15. The number of hydrogen-bond donors (Lipinski definition) is 1. The van der Waals surface area contributed by atoms with Gasteiger partial charge in [-0.05, 0) is 118 Å². The minimum atomic E-state index is -0.0663. The first-order valence-electron chi connectivity index (χ1n) is 16.1. The molecule has 6 heteroatoms. The van der Waals surface area contributed by atoms with Gasteiger partial charge in [-0.1, -0.05) is 49.4 Å². The van der Waals surface area contributed by atoms with E-state index in [1.807, 2.05) is 13.0 Å². The molecule has 6 nitrogen and oxygen atoms in total. The van der Waals surface area contributed by atoms with Crippen LogP contribution in [-0.2, 0) is 9.53 Å². The predicted octanol–water partition coefficient (Wildman–Crippen LogP) is 8.71. The zero-order chi connectivity index (χ0) is 28.2. The molecule has 6 rings (SSSR count). The van der Waals surface area contributed by atoms with Crippen LogP contribution in [0.1, 0.15) is 101 Å². The van der Waals surface area contributed by atoms with Crippen molar-refractivity contribution in [3.8, 4) is 22.8 Å². The van der Waals surface area contributed by atoms with Gasteiger partial charge in [0.05, 0.1) is 12.5 Å². The van der Waals surface area contributed by atoms with Gasteiger partial charge in [0.2, 0.25) is 5.82 Å². The Balaban J connectivity index is 1.05. The number of carbonyl (C=O) groups is 1. The van der Waals surface area contributed by atoms with E-state index in [-0.39, 0.29) is 17.9 Å². The Kier molecular flexibility index (Phi) is 8.73. The van der Waals surface area contributed by atoms with Gasteiger partial charge in [0, 0.05) is 22.9 Å². The van der Waals surface area contributed by atoms with Gasteiger partial charge in [-0.3, -0.25) is 4.79 Å². The van der Waals surface area contributed by atoms with E-state index in [0.717, 1.165) is 53.5 Å². The van der Waals surface area contributed by atoms with Gasteiger partial charge in [0.25, 0.3) is 5.89 Å². The standard InChI is InChI=1S/C35H45N3O3/c1-3-40-35(39)30-17-19-31(22-30)36-32-20-18-29(21-23(32)2)33-37-34(41-38-33)28-15-13-27(14-16-28)26-11-9-25(10-12-26)24-7-5-4-6-8-24/h13-16,18,20-21,24-26,30-31,36H,3-12,17,19,22H2,1-2H3/t25?,26?,30-,31+/m1/s1. The molecule has 0 saturated heterocycles. The van der Waals surface area contributed by atoms with Gasteiger partial charge in [-0.25, -0.2) is 0 Å². The molecular weight excluding hydrogens is 510 g/mol. The molecule has 0 radical (unpaired) electrons. The predicted molar refractivity (Wildman–Crippen MR) is 163 cm³/mol. The summed E-state index contributed by atoms with van der Waals surface area (Å²) in [6, 6.07) is 15.3. The van der Waals surface area contributed by atoms with Crippen LogP contribution in [0.15, 0.2) is 47.0 Å². The highest BCUT2D eigenvalue weighted by molar-refractivity contribution is 5.73. The van der Waals surface area contributed by atoms with E-state index in [9.17, 15) is 4.79 Å². The molecule has 3 aliphatic rings. The number of hydrogen-bond acceptors (Lipinski definition) is 6. The monoisotopic (exact) mass is 555 g/mol. The number of rotatable bonds is 8. The fourth-order valence-corrected chi connectivity index (χ4v) is 7.66. The van der Waals surface area contributed by atoms with E-state index in [1.54, 1.807) is 0 Å². The van der Waals surface area contributed by atoms with Crippen LogP contribution < -0.4 is 5.32 Å². The molecule has 0 bridgehead atoms. The number of esters is 1. The second-order valence-corrected chi connectivity index (χ2v) is 12.7. The van der Waals surface area contributed by atoms with Gasteiger partial charge in [-0.15, -0.1) is 0 Å². The SMILES string of the molecule is CCOC(=O)[C@@H]1CC[C@H](Nc2ccc(-c3noc(-c4ccc(C5CCC(C6CCCCC6)CC5)cc4)n3)cc2C)C1. The smallest absolute Gasteiger partial charge is 0.308 e. The van der Waals surface area contributed by atoms with Gasteiger partial charge in [0.15, 0.2) is 0 Å². The van der Waals surface area contributed by atoms with E-state index in [0.29, 0.717) is 24.2 Å². The maximum absolute atomic E-state index is 12.1. The van der Waals surface area contributed by atoms with Gasteiger partial charge in [-0.2, -0.15) is 4.98 Å². The lowest BCUT2D eigenvalue weighted by Gasteiger charge is -2.36. The number of aryl methyl sites for hydroxylation is 1. The lowest BCUT2D eigenvalue weighted by Crippen LogP contribution is -2.23. The van der Waals surface area contributed by atoms with Crippen LogP contribution in [0.4, 0.5) is 5.69 Å². The maximum Gasteiger partial charge on any atom is 0.308 e. The molecule has 41 heavy (non-hydrogen) atoms. The molecule has 3 saturated carbocycles. The van der Waals surface area contributed by atoms with E-state index < -0.39 is 0 Å². The van der Waals surface area contributed by atoms with Crippen LogP contribution >= 0.6 is 0 Å². The fourth-order valence-electron chi connectivity index (χ4n) is 7.66. The number of nitrogens with zero attached hydrogens (tertiary/aromatic N) is 2. The molecular formula is C35H45N3O3. The summed E-state index contributed by atoms with van der Waals surface area (Å²) < 4.78 is 10.9. The lowest BCUT2D eigenvalue weighted by molar-refractivity contribution is -0.147. The number of benzene rings is 2. The minimum absolute atomic E-state index is 0.000102. The van der Waals surface area contributed by atoms with Crippen LogP contribution in [0.3, 0.4) is 0 Å². The summed E-state index contributed by atoms with van der Waals surface area (Å²) in [7, 11) is 0. The Morgan fingerprint density at radius 3 is 2.37 bits per heavy atom. The molecule has 0 unspecified atom stereocenters. The maximum atomic E-state index is 12.1. The summed E-state index contributed by atoms with van der Waals surface area (Å²) in [5, 5.41) is 7.92. The summed E-state index contributed by atoms with van der Waals surface area (Å²) in [4.78, 5) is 16.8. The second kappa shape index (κ2) is 12.8. The van der Waals surface area contributed by atoms with E-state index in [1.165, 1.54) is 63.4 Å². The first-order valence-corrected chi connectivity index (χ1v) is 16.1. The third-order valence-electron chi connectivity index (χ3n) is 10.0. The van der Waals surface area contributed by atoms with Crippen molar-refractivity contribution in [3.05, 3.63) is 53.6 Å².